The Bertz CT molecular complexity index is 656. The summed E-state index contributed by atoms with van der Waals surface area (Å²) in [5, 5.41) is 12.9. The summed E-state index contributed by atoms with van der Waals surface area (Å²) in [5.74, 6) is 0. The van der Waals surface area contributed by atoms with E-state index in [2.05, 4.69) is 110 Å². The van der Waals surface area contributed by atoms with Crippen LogP contribution in [-0.4, -0.2) is 26.1 Å². The molecule has 0 amide bonds. The third-order valence-electron chi connectivity index (χ3n) is 4.94. The fourth-order valence-corrected chi connectivity index (χ4v) is 8.54. The molecule has 0 saturated heterocycles. The third kappa shape index (κ3) is 5.76. The van der Waals surface area contributed by atoms with Crippen molar-refractivity contribution in [3.8, 4) is 0 Å². The lowest BCUT2D eigenvalue weighted by Gasteiger charge is -2.43. The minimum Gasteiger partial charge on any atom is -0.407 e. The van der Waals surface area contributed by atoms with Gasteiger partial charge >= 0.3 is 0 Å². The zero-order valence-electron chi connectivity index (χ0n) is 16.6. The Kier molecular flexibility index (Phi) is 8.73. The maximum atomic E-state index is 10.3. The maximum absolute atomic E-state index is 10.3. The van der Waals surface area contributed by atoms with E-state index in [1.54, 1.807) is 0 Å². The topological polar surface area (TPSA) is 29.5 Å². The molecule has 0 aliphatic heterocycles. The van der Waals surface area contributed by atoms with Gasteiger partial charge < -0.3 is 9.53 Å². The van der Waals surface area contributed by atoms with Crippen LogP contribution in [0.5, 0.6) is 0 Å². The SMILES string of the molecule is CC(C)(C)[Si](OCC[C@@H](O)CC/C=C/I)(c1ccccc1)c1ccccc1. The van der Waals surface area contributed by atoms with Crippen LogP contribution < -0.4 is 10.4 Å². The average Bonchev–Trinajstić information content (AvgIpc) is 2.66. The summed E-state index contributed by atoms with van der Waals surface area (Å²) in [5.41, 5.74) is 0. The molecule has 0 fully saturated rings. The summed E-state index contributed by atoms with van der Waals surface area (Å²) in [6.45, 7) is 7.41. The molecule has 27 heavy (non-hydrogen) atoms. The van der Waals surface area contributed by atoms with Crippen LogP contribution in [0.25, 0.3) is 0 Å². The first-order valence-electron chi connectivity index (χ1n) is 9.60. The molecule has 0 aliphatic rings. The van der Waals surface area contributed by atoms with Crippen LogP contribution in [0.4, 0.5) is 0 Å². The van der Waals surface area contributed by atoms with Gasteiger partial charge in [-0.3, -0.25) is 0 Å². The molecule has 1 atom stereocenters. The zero-order chi connectivity index (χ0) is 19.8. The zero-order valence-corrected chi connectivity index (χ0v) is 19.7. The quantitative estimate of drug-likeness (QED) is 0.391. The van der Waals surface area contributed by atoms with Crippen LogP contribution in [0.2, 0.25) is 5.04 Å². The highest BCUT2D eigenvalue weighted by molar-refractivity contribution is 14.1. The van der Waals surface area contributed by atoms with Gasteiger partial charge in [0.05, 0.1) is 6.10 Å². The Morgan fingerprint density at radius 1 is 0.963 bits per heavy atom. The van der Waals surface area contributed by atoms with Crippen molar-refractivity contribution < 1.29 is 9.53 Å². The highest BCUT2D eigenvalue weighted by Crippen LogP contribution is 2.36. The smallest absolute Gasteiger partial charge is 0.261 e. The van der Waals surface area contributed by atoms with Crippen LogP contribution in [0.15, 0.2) is 70.8 Å². The molecule has 4 heteroatoms. The molecular weight excluding hydrogens is 463 g/mol. The third-order valence-corrected chi connectivity index (χ3v) is 10.5. The van der Waals surface area contributed by atoms with Crippen LogP contribution in [0.1, 0.15) is 40.0 Å². The lowest BCUT2D eigenvalue weighted by molar-refractivity contribution is 0.129. The largest absolute Gasteiger partial charge is 0.407 e. The first-order chi connectivity index (χ1) is 12.9. The highest BCUT2D eigenvalue weighted by atomic mass is 127. The van der Waals surface area contributed by atoms with Crippen molar-refractivity contribution in [3.63, 3.8) is 0 Å². The molecule has 0 spiro atoms. The molecule has 0 unspecified atom stereocenters. The van der Waals surface area contributed by atoms with Crippen LogP contribution in [-0.2, 0) is 4.43 Å². The molecule has 0 aromatic heterocycles. The second-order valence-corrected chi connectivity index (χ2v) is 12.9. The minimum absolute atomic E-state index is 0.0232. The van der Waals surface area contributed by atoms with Crippen molar-refractivity contribution in [1.82, 2.24) is 0 Å². The van der Waals surface area contributed by atoms with Crippen LogP contribution >= 0.6 is 22.6 Å². The van der Waals surface area contributed by atoms with E-state index in [-0.39, 0.29) is 11.1 Å². The summed E-state index contributed by atoms with van der Waals surface area (Å²) in [7, 11) is -2.48. The van der Waals surface area contributed by atoms with E-state index in [1.807, 2.05) is 4.08 Å². The Labute approximate surface area is 178 Å². The first-order valence-corrected chi connectivity index (χ1v) is 12.8. The highest BCUT2D eigenvalue weighted by Gasteiger charge is 2.49. The number of allylic oxidation sites excluding steroid dienone is 1. The van der Waals surface area contributed by atoms with Crippen molar-refractivity contribution in [2.75, 3.05) is 6.61 Å². The lowest BCUT2D eigenvalue weighted by Crippen LogP contribution is -2.66. The van der Waals surface area contributed by atoms with E-state index >= 15 is 0 Å². The van der Waals surface area contributed by atoms with Gasteiger partial charge in [0, 0.05) is 6.61 Å². The average molecular weight is 494 g/mol. The molecule has 0 radical (unpaired) electrons. The molecule has 2 rings (SSSR count). The van der Waals surface area contributed by atoms with Crippen molar-refractivity contribution >= 4 is 41.3 Å². The predicted molar refractivity (Wildman–Crippen MR) is 127 cm³/mol. The van der Waals surface area contributed by atoms with Crippen molar-refractivity contribution in [3.05, 3.63) is 70.8 Å². The van der Waals surface area contributed by atoms with Crippen LogP contribution in [0.3, 0.4) is 0 Å². The fourth-order valence-electron chi connectivity index (χ4n) is 3.61. The molecule has 0 aliphatic carbocycles. The van der Waals surface area contributed by atoms with Crippen molar-refractivity contribution in [2.24, 2.45) is 0 Å². The van der Waals surface area contributed by atoms with Gasteiger partial charge in [-0.1, -0.05) is 110 Å². The number of benzene rings is 2. The van der Waals surface area contributed by atoms with Gasteiger partial charge in [0.25, 0.3) is 8.32 Å². The van der Waals surface area contributed by atoms with Crippen LogP contribution in [0, 0.1) is 0 Å². The molecule has 1 N–H and O–H groups in total. The molecule has 0 saturated carbocycles. The molecule has 2 aromatic carbocycles. The Balaban J connectivity index is 2.30. The van der Waals surface area contributed by atoms with Gasteiger partial charge in [0.2, 0.25) is 0 Å². The van der Waals surface area contributed by atoms with E-state index in [4.69, 9.17) is 4.43 Å². The maximum Gasteiger partial charge on any atom is 0.261 e. The van der Waals surface area contributed by atoms with Gasteiger partial charge in [0.1, 0.15) is 0 Å². The van der Waals surface area contributed by atoms with Gasteiger partial charge in [-0.2, -0.15) is 0 Å². The molecule has 0 heterocycles. The van der Waals surface area contributed by atoms with E-state index in [0.29, 0.717) is 13.0 Å². The normalized spacial score (nSPS) is 13.8. The number of aliphatic hydroxyl groups is 1. The Morgan fingerprint density at radius 2 is 1.48 bits per heavy atom. The summed E-state index contributed by atoms with van der Waals surface area (Å²) >= 11 is 2.21. The lowest BCUT2D eigenvalue weighted by atomic mass is 10.1. The minimum atomic E-state index is -2.48. The predicted octanol–water partition coefficient (Wildman–Crippen LogP) is 5.04. The fraction of sp³-hybridized carbons (Fsp3) is 0.391. The monoisotopic (exact) mass is 494 g/mol. The first kappa shape index (κ1) is 22.3. The summed E-state index contributed by atoms with van der Waals surface area (Å²) < 4.78 is 8.81. The molecule has 0 bridgehead atoms. The second-order valence-electron chi connectivity index (χ2n) is 7.89. The second kappa shape index (κ2) is 10.6. The van der Waals surface area contributed by atoms with Crippen molar-refractivity contribution in [1.29, 1.82) is 0 Å². The molecule has 2 nitrogen and oxygen atoms in total. The number of halogens is 1. The number of aliphatic hydroxyl groups excluding tert-OH is 1. The molecular formula is C23H31IO2Si. The standard InChI is InChI=1S/C23H31IO2Si/c1-23(2,3)27(21-13-6-4-7-14-21,22-15-8-5-9-16-22)26-19-17-20(25)12-10-11-18-24/h4-9,11,13-16,18,20,25H,10,12,17,19H2,1-3H3/b18-11+/t20-/m0/s1. The van der Waals surface area contributed by atoms with Gasteiger partial charge in [-0.25, -0.2) is 0 Å². The summed E-state index contributed by atoms with van der Waals surface area (Å²) in [6.07, 6.45) is 4.12. The molecule has 146 valence electrons. The molecule has 2 aromatic rings. The van der Waals surface area contributed by atoms with E-state index in [0.717, 1.165) is 12.8 Å². The van der Waals surface area contributed by atoms with Gasteiger partial charge in [-0.15, -0.1) is 0 Å². The summed E-state index contributed by atoms with van der Waals surface area (Å²) in [4.78, 5) is 0. The number of hydrogen-bond donors (Lipinski definition) is 1. The van der Waals surface area contributed by atoms with Crippen molar-refractivity contribution in [2.45, 2.75) is 51.2 Å². The number of hydrogen-bond acceptors (Lipinski definition) is 2. The Morgan fingerprint density at radius 3 is 1.93 bits per heavy atom. The van der Waals surface area contributed by atoms with E-state index in [9.17, 15) is 5.11 Å². The number of rotatable bonds is 9. The van der Waals surface area contributed by atoms with E-state index in [1.165, 1.54) is 10.4 Å². The Hall–Kier alpha value is -0.953. The van der Waals surface area contributed by atoms with E-state index < -0.39 is 8.32 Å². The van der Waals surface area contributed by atoms with Gasteiger partial charge in [-0.05, 0) is 38.8 Å². The van der Waals surface area contributed by atoms with Gasteiger partial charge in [0.15, 0.2) is 0 Å². The summed E-state index contributed by atoms with van der Waals surface area (Å²) in [6, 6.07) is 21.3.